The number of rotatable bonds is 9. The molecular weight excluding hydrogens is 430 g/mol. The maximum atomic E-state index is 13.6. The molecule has 8 nitrogen and oxygen atoms in total. The maximum absolute atomic E-state index is 13.6. The second-order valence-electron chi connectivity index (χ2n) is 9.04. The second-order valence-corrected chi connectivity index (χ2v) is 9.41. The van der Waals surface area contributed by atoms with Crippen molar-refractivity contribution in [2.75, 3.05) is 5.75 Å². The smallest absolute Gasteiger partial charge is 0.408 e. The number of carbonyl (C=O) groups excluding carboxylic acids is 3. The van der Waals surface area contributed by atoms with Crippen LogP contribution in [0.5, 0.6) is 5.75 Å². The van der Waals surface area contributed by atoms with E-state index in [9.17, 15) is 19.5 Å². The molecule has 0 aliphatic rings. The van der Waals surface area contributed by atoms with E-state index in [1.54, 1.807) is 32.9 Å². The van der Waals surface area contributed by atoms with Gasteiger partial charge in [0.05, 0.1) is 0 Å². The second kappa shape index (κ2) is 12.0. The Labute approximate surface area is 196 Å². The SMILES string of the molecule is CCC(C)N(C(=O)C(CS)NC(=O)OC(C)(C)C)C(C(=O)NC(C)C)c1ccc(O)cc1. The molecule has 0 aromatic heterocycles. The fourth-order valence-corrected chi connectivity index (χ4v) is 3.32. The molecule has 1 rings (SSSR count). The van der Waals surface area contributed by atoms with Crippen LogP contribution in [0, 0.1) is 0 Å². The summed E-state index contributed by atoms with van der Waals surface area (Å²) in [6.45, 7) is 12.6. The fraction of sp³-hybridized carbons (Fsp3) is 0.609. The molecule has 0 saturated heterocycles. The number of hydrogen-bond donors (Lipinski definition) is 4. The highest BCUT2D eigenvalue weighted by Gasteiger charge is 2.38. The van der Waals surface area contributed by atoms with Crippen LogP contribution < -0.4 is 10.6 Å². The van der Waals surface area contributed by atoms with Crippen LogP contribution in [0.25, 0.3) is 0 Å². The Kier molecular flexibility index (Phi) is 10.3. The molecule has 0 heterocycles. The quantitative estimate of drug-likeness (QED) is 0.416. The van der Waals surface area contributed by atoms with Gasteiger partial charge in [-0.15, -0.1) is 0 Å². The van der Waals surface area contributed by atoms with Crippen LogP contribution >= 0.6 is 12.6 Å². The van der Waals surface area contributed by atoms with Crippen LogP contribution in [0.15, 0.2) is 24.3 Å². The molecule has 0 aliphatic carbocycles. The molecule has 0 bridgehead atoms. The third-order valence-electron chi connectivity index (χ3n) is 4.66. The van der Waals surface area contributed by atoms with Gasteiger partial charge in [-0.2, -0.15) is 12.6 Å². The van der Waals surface area contributed by atoms with E-state index in [0.717, 1.165) is 0 Å². The minimum absolute atomic E-state index is 0.0269. The van der Waals surface area contributed by atoms with Crippen molar-refractivity contribution >= 4 is 30.5 Å². The first-order valence-electron chi connectivity index (χ1n) is 10.8. The molecule has 32 heavy (non-hydrogen) atoms. The lowest BCUT2D eigenvalue weighted by atomic mass is 9.99. The molecule has 3 amide bonds. The van der Waals surface area contributed by atoms with E-state index in [-0.39, 0.29) is 29.5 Å². The molecule has 180 valence electrons. The molecule has 3 unspecified atom stereocenters. The Hall–Kier alpha value is -2.42. The predicted octanol–water partition coefficient (Wildman–Crippen LogP) is 3.41. The minimum atomic E-state index is -0.992. The molecule has 1 aromatic carbocycles. The zero-order valence-corrected chi connectivity index (χ0v) is 20.9. The molecule has 3 N–H and O–H groups in total. The van der Waals surface area contributed by atoms with E-state index in [1.165, 1.54) is 17.0 Å². The summed E-state index contributed by atoms with van der Waals surface area (Å²) in [5, 5.41) is 15.1. The Morgan fingerprint density at radius 2 is 1.66 bits per heavy atom. The number of phenols is 1. The van der Waals surface area contributed by atoms with E-state index >= 15 is 0 Å². The van der Waals surface area contributed by atoms with Gasteiger partial charge in [-0.25, -0.2) is 4.79 Å². The minimum Gasteiger partial charge on any atom is -0.508 e. The number of amides is 3. The van der Waals surface area contributed by atoms with Crippen LogP contribution in [-0.4, -0.2) is 57.4 Å². The highest BCUT2D eigenvalue weighted by molar-refractivity contribution is 7.80. The lowest BCUT2D eigenvalue weighted by Gasteiger charge is -2.38. The van der Waals surface area contributed by atoms with Crippen LogP contribution in [0.2, 0.25) is 0 Å². The highest BCUT2D eigenvalue weighted by Crippen LogP contribution is 2.27. The van der Waals surface area contributed by atoms with Gasteiger partial charge in [0.2, 0.25) is 11.8 Å². The van der Waals surface area contributed by atoms with E-state index in [1.807, 2.05) is 27.7 Å². The van der Waals surface area contributed by atoms with Crippen molar-refractivity contribution in [3.63, 3.8) is 0 Å². The van der Waals surface area contributed by atoms with Crippen LogP contribution in [0.4, 0.5) is 4.79 Å². The van der Waals surface area contributed by atoms with E-state index in [4.69, 9.17) is 4.74 Å². The Morgan fingerprint density at radius 3 is 2.09 bits per heavy atom. The molecule has 0 aliphatic heterocycles. The average molecular weight is 468 g/mol. The van der Waals surface area contributed by atoms with Crippen LogP contribution in [0.3, 0.4) is 0 Å². The van der Waals surface area contributed by atoms with Crippen LogP contribution in [0.1, 0.15) is 66.5 Å². The number of aromatic hydroxyl groups is 1. The summed E-state index contributed by atoms with van der Waals surface area (Å²) in [6.07, 6.45) is -0.150. The molecule has 3 atom stereocenters. The number of carbonyl (C=O) groups is 3. The van der Waals surface area contributed by atoms with Gasteiger partial charge < -0.3 is 25.4 Å². The van der Waals surface area contributed by atoms with Crippen molar-refractivity contribution in [1.82, 2.24) is 15.5 Å². The monoisotopic (exact) mass is 467 g/mol. The first kappa shape index (κ1) is 27.6. The van der Waals surface area contributed by atoms with Gasteiger partial charge in [0.25, 0.3) is 0 Å². The molecule has 0 spiro atoms. The normalized spacial score (nSPS) is 14.3. The zero-order chi connectivity index (χ0) is 24.6. The summed E-state index contributed by atoms with van der Waals surface area (Å²) in [5.41, 5.74) is -0.180. The lowest BCUT2D eigenvalue weighted by molar-refractivity contribution is -0.144. The summed E-state index contributed by atoms with van der Waals surface area (Å²) >= 11 is 4.26. The molecule has 0 fully saturated rings. The van der Waals surface area contributed by atoms with Crippen molar-refractivity contribution in [2.24, 2.45) is 0 Å². The summed E-state index contributed by atoms with van der Waals surface area (Å²) < 4.78 is 5.28. The number of thiol groups is 1. The van der Waals surface area contributed by atoms with Gasteiger partial charge in [0, 0.05) is 17.8 Å². The predicted molar refractivity (Wildman–Crippen MR) is 128 cm³/mol. The zero-order valence-electron chi connectivity index (χ0n) is 20.0. The van der Waals surface area contributed by atoms with Crippen molar-refractivity contribution in [3.8, 4) is 5.75 Å². The van der Waals surface area contributed by atoms with Gasteiger partial charge in [0.15, 0.2) is 0 Å². The number of nitrogens with one attached hydrogen (secondary N) is 2. The van der Waals surface area contributed by atoms with Crippen molar-refractivity contribution < 1.29 is 24.2 Å². The molecule has 0 saturated carbocycles. The first-order chi connectivity index (χ1) is 14.8. The van der Waals surface area contributed by atoms with Gasteiger partial charge in [-0.3, -0.25) is 9.59 Å². The number of ether oxygens (including phenoxy) is 1. The molecular formula is C23H37N3O5S. The van der Waals surface area contributed by atoms with Crippen LogP contribution in [-0.2, 0) is 14.3 Å². The van der Waals surface area contributed by atoms with Gasteiger partial charge >= 0.3 is 6.09 Å². The first-order valence-corrected chi connectivity index (χ1v) is 11.5. The lowest BCUT2D eigenvalue weighted by Crippen LogP contribution is -2.56. The van der Waals surface area contributed by atoms with Crippen molar-refractivity contribution in [1.29, 1.82) is 0 Å². The van der Waals surface area contributed by atoms with Gasteiger partial charge in [-0.1, -0.05) is 19.1 Å². The van der Waals surface area contributed by atoms with Crippen molar-refractivity contribution in [3.05, 3.63) is 29.8 Å². The van der Waals surface area contributed by atoms with E-state index < -0.39 is 29.7 Å². The number of nitrogens with zero attached hydrogens (tertiary/aromatic N) is 1. The standard InChI is InChI=1S/C23H37N3O5S/c1-8-15(4)26(21(29)18(13-32)25-22(30)31-23(5,6)7)19(20(28)24-14(2)3)16-9-11-17(27)12-10-16/h9-12,14-15,18-19,27,32H,8,13H2,1-7H3,(H,24,28)(H,25,30). The van der Waals surface area contributed by atoms with E-state index in [0.29, 0.717) is 12.0 Å². The molecule has 0 radical (unpaired) electrons. The average Bonchev–Trinajstić information content (AvgIpc) is 2.68. The number of alkyl carbamates (subject to hydrolysis) is 1. The third kappa shape index (κ3) is 8.26. The summed E-state index contributed by atoms with van der Waals surface area (Å²) in [7, 11) is 0. The summed E-state index contributed by atoms with van der Waals surface area (Å²) in [4.78, 5) is 40.6. The highest BCUT2D eigenvalue weighted by atomic mass is 32.1. The maximum Gasteiger partial charge on any atom is 0.408 e. The van der Waals surface area contributed by atoms with Gasteiger partial charge in [0.1, 0.15) is 23.4 Å². The Bertz CT molecular complexity index is 777. The molecule has 9 heteroatoms. The van der Waals surface area contributed by atoms with Gasteiger partial charge in [-0.05, 0) is 65.7 Å². The Balaban J connectivity index is 3.39. The summed E-state index contributed by atoms with van der Waals surface area (Å²) in [6, 6.07) is 3.76. The fourth-order valence-electron chi connectivity index (χ4n) is 3.07. The summed E-state index contributed by atoms with van der Waals surface area (Å²) in [5.74, 6) is -0.719. The molecule has 1 aromatic rings. The number of hydrogen-bond acceptors (Lipinski definition) is 6. The number of benzene rings is 1. The largest absolute Gasteiger partial charge is 0.508 e. The number of phenolic OH excluding ortho intramolecular Hbond substituents is 1. The van der Waals surface area contributed by atoms with E-state index in [2.05, 4.69) is 23.3 Å². The topological polar surface area (TPSA) is 108 Å². The van der Waals surface area contributed by atoms with Crippen molar-refractivity contribution in [2.45, 2.75) is 84.7 Å². The Morgan fingerprint density at radius 1 is 1.09 bits per heavy atom. The third-order valence-corrected chi connectivity index (χ3v) is 5.02.